The lowest BCUT2D eigenvalue weighted by atomic mass is 9.80. The Morgan fingerprint density at radius 3 is 2.50 bits per heavy atom. The van der Waals surface area contributed by atoms with Gasteiger partial charge >= 0.3 is 5.97 Å². The molecule has 1 unspecified atom stereocenters. The second-order valence-electron chi connectivity index (χ2n) is 8.98. The molecule has 1 fully saturated rings. The van der Waals surface area contributed by atoms with Gasteiger partial charge in [0.1, 0.15) is 11.3 Å². The number of hydrogen-bond donors (Lipinski definition) is 2. The van der Waals surface area contributed by atoms with Crippen molar-refractivity contribution < 1.29 is 24.2 Å². The number of aliphatic hydroxyl groups is 1. The summed E-state index contributed by atoms with van der Waals surface area (Å²) >= 11 is 0. The summed E-state index contributed by atoms with van der Waals surface area (Å²) in [6.45, 7) is 6.59. The number of amides is 1. The van der Waals surface area contributed by atoms with Gasteiger partial charge in [-0.25, -0.2) is 4.79 Å². The first-order valence-electron chi connectivity index (χ1n) is 12.0. The van der Waals surface area contributed by atoms with Gasteiger partial charge in [0.25, 0.3) is 0 Å². The molecule has 0 saturated carbocycles. The van der Waals surface area contributed by atoms with Crippen LogP contribution in [-0.4, -0.2) is 54.3 Å². The van der Waals surface area contributed by atoms with E-state index in [2.05, 4.69) is 29.3 Å². The standard InChI is InChI=1S/C27H36N2O5/c1-4-5-17-34-24-12-11-22(18-23(24)26(31)33-3)28-25(30)20(2)27(32)13-15-29(16-14-27)19-21-9-7-6-8-10-21/h6-12,18,20,32H,4-5,13-17,19H2,1-3H3,(H,28,30). The highest BCUT2D eigenvalue weighted by atomic mass is 16.5. The number of unbranched alkanes of at least 4 members (excludes halogenated alkanes) is 1. The number of nitrogens with zero attached hydrogens (tertiary/aromatic N) is 1. The van der Waals surface area contributed by atoms with Crippen LogP contribution in [-0.2, 0) is 16.1 Å². The van der Waals surface area contributed by atoms with E-state index < -0.39 is 17.5 Å². The van der Waals surface area contributed by atoms with Gasteiger partial charge < -0.3 is 19.9 Å². The molecule has 7 heteroatoms. The zero-order valence-electron chi connectivity index (χ0n) is 20.4. The molecule has 1 aliphatic rings. The fraction of sp³-hybridized carbons (Fsp3) is 0.481. The smallest absolute Gasteiger partial charge is 0.341 e. The molecule has 2 N–H and O–H groups in total. The van der Waals surface area contributed by atoms with Crippen molar-refractivity contribution in [1.29, 1.82) is 0 Å². The molecule has 0 spiro atoms. The molecule has 1 amide bonds. The molecule has 184 valence electrons. The van der Waals surface area contributed by atoms with Gasteiger partial charge in [0, 0.05) is 25.3 Å². The number of carbonyl (C=O) groups is 2. The van der Waals surface area contributed by atoms with Gasteiger partial charge in [-0.3, -0.25) is 9.69 Å². The van der Waals surface area contributed by atoms with Gasteiger partial charge in [0.05, 0.1) is 25.2 Å². The van der Waals surface area contributed by atoms with Crippen molar-refractivity contribution in [3.8, 4) is 5.75 Å². The molecule has 7 nitrogen and oxygen atoms in total. The molecule has 0 aromatic heterocycles. The average molecular weight is 469 g/mol. The van der Waals surface area contributed by atoms with Crippen LogP contribution in [0.4, 0.5) is 5.69 Å². The lowest BCUT2D eigenvalue weighted by Crippen LogP contribution is -2.51. The first-order chi connectivity index (χ1) is 16.4. The molecule has 2 aromatic carbocycles. The van der Waals surface area contributed by atoms with Crippen molar-refractivity contribution in [2.45, 2.75) is 51.7 Å². The monoisotopic (exact) mass is 468 g/mol. The maximum absolute atomic E-state index is 13.0. The number of likely N-dealkylation sites (tertiary alicyclic amines) is 1. The number of hydrogen-bond acceptors (Lipinski definition) is 6. The van der Waals surface area contributed by atoms with Gasteiger partial charge in [-0.1, -0.05) is 50.6 Å². The molecule has 1 heterocycles. The number of nitrogens with one attached hydrogen (secondary N) is 1. The second kappa shape index (κ2) is 12.0. The Morgan fingerprint density at radius 1 is 1.15 bits per heavy atom. The summed E-state index contributed by atoms with van der Waals surface area (Å²) < 4.78 is 10.6. The molecule has 2 aromatic rings. The van der Waals surface area contributed by atoms with Crippen molar-refractivity contribution in [3.63, 3.8) is 0 Å². The van der Waals surface area contributed by atoms with E-state index in [-0.39, 0.29) is 11.5 Å². The molecule has 3 rings (SSSR count). The van der Waals surface area contributed by atoms with Crippen LogP contribution < -0.4 is 10.1 Å². The quantitative estimate of drug-likeness (QED) is 0.400. The third-order valence-electron chi connectivity index (χ3n) is 6.58. The summed E-state index contributed by atoms with van der Waals surface area (Å²) in [6.07, 6.45) is 2.89. The highest BCUT2D eigenvalue weighted by Gasteiger charge is 2.41. The number of ether oxygens (including phenoxy) is 2. The maximum Gasteiger partial charge on any atom is 0.341 e. The van der Waals surface area contributed by atoms with Crippen molar-refractivity contribution in [2.75, 3.05) is 32.1 Å². The van der Waals surface area contributed by atoms with E-state index in [4.69, 9.17) is 9.47 Å². The van der Waals surface area contributed by atoms with Crippen molar-refractivity contribution in [3.05, 3.63) is 59.7 Å². The van der Waals surface area contributed by atoms with Crippen LogP contribution in [0.15, 0.2) is 48.5 Å². The molecule has 1 atom stereocenters. The highest BCUT2D eigenvalue weighted by molar-refractivity contribution is 5.97. The number of piperidine rings is 1. The first kappa shape index (κ1) is 25.7. The number of benzene rings is 2. The largest absolute Gasteiger partial charge is 0.493 e. The minimum absolute atomic E-state index is 0.261. The van der Waals surface area contributed by atoms with E-state index in [0.29, 0.717) is 30.9 Å². The second-order valence-corrected chi connectivity index (χ2v) is 8.98. The Kier molecular flexibility index (Phi) is 9.07. The minimum atomic E-state index is -1.08. The summed E-state index contributed by atoms with van der Waals surface area (Å²) in [6, 6.07) is 15.2. The predicted molar refractivity (Wildman–Crippen MR) is 132 cm³/mol. The van der Waals surface area contributed by atoms with Gasteiger partial charge in [0.15, 0.2) is 0 Å². The van der Waals surface area contributed by atoms with Gasteiger partial charge in [-0.2, -0.15) is 0 Å². The SMILES string of the molecule is CCCCOc1ccc(NC(=O)C(C)C2(O)CCN(Cc3ccccc3)CC2)cc1C(=O)OC. The molecule has 1 aliphatic heterocycles. The first-order valence-corrected chi connectivity index (χ1v) is 12.0. The van der Waals surface area contributed by atoms with E-state index in [1.54, 1.807) is 25.1 Å². The van der Waals surface area contributed by atoms with Gasteiger partial charge in [-0.15, -0.1) is 0 Å². The fourth-order valence-corrected chi connectivity index (χ4v) is 4.20. The van der Waals surface area contributed by atoms with Crippen LogP contribution in [0.5, 0.6) is 5.75 Å². The molecule has 34 heavy (non-hydrogen) atoms. The van der Waals surface area contributed by atoms with Crippen LogP contribution >= 0.6 is 0 Å². The maximum atomic E-state index is 13.0. The zero-order chi connectivity index (χ0) is 24.6. The minimum Gasteiger partial charge on any atom is -0.493 e. The van der Waals surface area contributed by atoms with Crippen LogP contribution in [0.1, 0.15) is 55.5 Å². The normalized spacial score (nSPS) is 16.5. The summed E-state index contributed by atoms with van der Waals surface area (Å²) in [5.74, 6) is -0.987. The Balaban J connectivity index is 1.61. The Hall–Kier alpha value is -2.90. The van der Waals surface area contributed by atoms with Crippen molar-refractivity contribution >= 4 is 17.6 Å². The van der Waals surface area contributed by atoms with Crippen LogP contribution in [0.2, 0.25) is 0 Å². The number of rotatable bonds is 10. The average Bonchev–Trinajstić information content (AvgIpc) is 2.86. The molecular weight excluding hydrogens is 432 g/mol. The fourth-order valence-electron chi connectivity index (χ4n) is 4.20. The van der Waals surface area contributed by atoms with Gasteiger partial charge in [0.2, 0.25) is 5.91 Å². The number of anilines is 1. The Bertz CT molecular complexity index is 955. The number of carbonyl (C=O) groups excluding carboxylic acids is 2. The summed E-state index contributed by atoms with van der Waals surface area (Å²) in [4.78, 5) is 27.5. The van der Waals surface area contributed by atoms with E-state index in [1.807, 2.05) is 18.2 Å². The summed E-state index contributed by atoms with van der Waals surface area (Å²) in [7, 11) is 1.31. The van der Waals surface area contributed by atoms with Gasteiger partial charge in [-0.05, 0) is 43.0 Å². The Morgan fingerprint density at radius 2 is 1.85 bits per heavy atom. The van der Waals surface area contributed by atoms with Crippen molar-refractivity contribution in [2.24, 2.45) is 5.92 Å². The van der Waals surface area contributed by atoms with Crippen LogP contribution in [0.3, 0.4) is 0 Å². The molecule has 1 saturated heterocycles. The summed E-state index contributed by atoms with van der Waals surface area (Å²) in [5, 5.41) is 14.1. The van der Waals surface area contributed by atoms with E-state index in [1.165, 1.54) is 12.7 Å². The third-order valence-corrected chi connectivity index (χ3v) is 6.58. The predicted octanol–water partition coefficient (Wildman–Crippen LogP) is 4.25. The number of methoxy groups -OCH3 is 1. The van der Waals surface area contributed by atoms with E-state index in [9.17, 15) is 14.7 Å². The summed E-state index contributed by atoms with van der Waals surface area (Å²) in [5.41, 5.74) is 0.885. The lowest BCUT2D eigenvalue weighted by molar-refractivity contribution is -0.132. The Labute approximate surface area is 202 Å². The van der Waals surface area contributed by atoms with Crippen LogP contribution in [0.25, 0.3) is 0 Å². The topological polar surface area (TPSA) is 88.1 Å². The molecular formula is C27H36N2O5. The lowest BCUT2D eigenvalue weighted by Gasteiger charge is -2.41. The van der Waals surface area contributed by atoms with Crippen LogP contribution in [0, 0.1) is 5.92 Å². The van der Waals surface area contributed by atoms with Crippen molar-refractivity contribution in [1.82, 2.24) is 4.90 Å². The zero-order valence-corrected chi connectivity index (χ0v) is 20.4. The highest BCUT2D eigenvalue weighted by Crippen LogP contribution is 2.32. The molecule has 0 radical (unpaired) electrons. The molecule has 0 bridgehead atoms. The molecule has 0 aliphatic carbocycles. The number of esters is 1. The van der Waals surface area contributed by atoms with E-state index >= 15 is 0 Å². The van der Waals surface area contributed by atoms with E-state index in [0.717, 1.165) is 32.5 Å². The third kappa shape index (κ3) is 6.58.